The minimum Gasteiger partial charge on any atom is -0.306 e. The van der Waals surface area contributed by atoms with Gasteiger partial charge in [0.2, 0.25) is 10.0 Å². The molecule has 0 bridgehead atoms. The fourth-order valence-electron chi connectivity index (χ4n) is 2.29. The summed E-state index contributed by atoms with van der Waals surface area (Å²) in [7, 11) is -3.52. The van der Waals surface area contributed by atoms with Crippen LogP contribution in [0.5, 0.6) is 0 Å². The lowest BCUT2D eigenvalue weighted by Gasteiger charge is -2.09. The molecule has 0 amide bonds. The van der Waals surface area contributed by atoms with Crippen molar-refractivity contribution in [1.82, 2.24) is 9.97 Å². The maximum atomic E-state index is 12.3. The highest BCUT2D eigenvalue weighted by Gasteiger charge is 2.13. The Morgan fingerprint density at radius 2 is 1.77 bits per heavy atom. The number of imidazole rings is 1. The van der Waals surface area contributed by atoms with Gasteiger partial charge in [-0.3, -0.25) is 4.72 Å². The van der Waals surface area contributed by atoms with E-state index < -0.39 is 10.0 Å². The van der Waals surface area contributed by atoms with Crippen LogP contribution in [0.15, 0.2) is 47.3 Å². The van der Waals surface area contributed by atoms with Crippen molar-refractivity contribution < 1.29 is 8.42 Å². The molecule has 7 heteroatoms. The number of aromatic amines is 2. The van der Waals surface area contributed by atoms with E-state index in [1.165, 1.54) is 0 Å². The number of sulfonamides is 1. The van der Waals surface area contributed by atoms with E-state index in [9.17, 15) is 13.2 Å². The Balaban J connectivity index is 1.86. The lowest BCUT2D eigenvalue weighted by atomic mass is 10.1. The molecule has 114 valence electrons. The molecule has 2 aromatic carbocycles. The number of aromatic nitrogens is 2. The number of fused-ring (bicyclic) bond motifs is 1. The largest absolute Gasteiger partial charge is 0.323 e. The third kappa shape index (κ3) is 3.04. The van der Waals surface area contributed by atoms with Crippen LogP contribution in [-0.2, 0) is 15.8 Å². The van der Waals surface area contributed by atoms with Gasteiger partial charge in [-0.25, -0.2) is 13.2 Å². The van der Waals surface area contributed by atoms with Gasteiger partial charge in [-0.15, -0.1) is 0 Å². The van der Waals surface area contributed by atoms with Crippen LogP contribution in [0.4, 0.5) is 5.69 Å². The molecular weight excluding hydrogens is 302 g/mol. The molecule has 3 N–H and O–H groups in total. The average Bonchev–Trinajstić information content (AvgIpc) is 2.80. The van der Waals surface area contributed by atoms with E-state index in [4.69, 9.17) is 0 Å². The smallest absolute Gasteiger partial charge is 0.306 e. The summed E-state index contributed by atoms with van der Waals surface area (Å²) in [6, 6.07) is 12.2. The third-order valence-electron chi connectivity index (χ3n) is 3.40. The molecule has 1 aromatic heterocycles. The maximum absolute atomic E-state index is 12.3. The number of aryl methyl sites for hydroxylation is 1. The number of rotatable bonds is 4. The Morgan fingerprint density at radius 1 is 1.05 bits per heavy atom. The van der Waals surface area contributed by atoms with E-state index in [0.29, 0.717) is 16.7 Å². The highest BCUT2D eigenvalue weighted by molar-refractivity contribution is 7.91. The molecule has 0 aliphatic heterocycles. The molecule has 0 radical (unpaired) electrons. The average molecular weight is 317 g/mol. The van der Waals surface area contributed by atoms with Crippen LogP contribution < -0.4 is 10.4 Å². The van der Waals surface area contributed by atoms with Crippen molar-refractivity contribution >= 4 is 26.7 Å². The zero-order chi connectivity index (χ0) is 15.7. The Hall–Kier alpha value is -2.54. The first-order chi connectivity index (χ1) is 10.4. The minimum atomic E-state index is -3.52. The second-order valence-electron chi connectivity index (χ2n) is 5.13. The first kappa shape index (κ1) is 14.4. The van der Waals surface area contributed by atoms with Gasteiger partial charge in [-0.1, -0.05) is 24.3 Å². The zero-order valence-electron chi connectivity index (χ0n) is 11.9. The molecule has 0 aliphatic carbocycles. The Bertz CT molecular complexity index is 986. The maximum Gasteiger partial charge on any atom is 0.323 e. The van der Waals surface area contributed by atoms with Gasteiger partial charge in [0, 0.05) is 0 Å². The molecule has 0 unspecified atom stereocenters. The summed E-state index contributed by atoms with van der Waals surface area (Å²) in [6.45, 7) is 1.88. The molecule has 3 aromatic rings. The van der Waals surface area contributed by atoms with Gasteiger partial charge in [-0.05, 0) is 36.2 Å². The minimum absolute atomic E-state index is 0.0959. The molecule has 0 saturated heterocycles. The summed E-state index contributed by atoms with van der Waals surface area (Å²) < 4.78 is 27.1. The van der Waals surface area contributed by atoms with Crippen LogP contribution in [0.25, 0.3) is 11.0 Å². The molecule has 0 fully saturated rings. The van der Waals surface area contributed by atoms with E-state index in [-0.39, 0.29) is 11.4 Å². The zero-order valence-corrected chi connectivity index (χ0v) is 12.7. The molecule has 0 aliphatic rings. The lowest BCUT2D eigenvalue weighted by molar-refractivity contribution is 0.600. The van der Waals surface area contributed by atoms with Gasteiger partial charge in [0.15, 0.2) is 0 Å². The first-order valence-electron chi connectivity index (χ1n) is 6.70. The van der Waals surface area contributed by atoms with Gasteiger partial charge in [0.25, 0.3) is 0 Å². The van der Waals surface area contributed by atoms with E-state index in [2.05, 4.69) is 14.7 Å². The van der Waals surface area contributed by atoms with Crippen molar-refractivity contribution in [1.29, 1.82) is 0 Å². The number of nitrogens with one attached hydrogen (secondary N) is 3. The Labute approximate surface area is 127 Å². The van der Waals surface area contributed by atoms with Crippen molar-refractivity contribution in [3.63, 3.8) is 0 Å². The van der Waals surface area contributed by atoms with Crippen molar-refractivity contribution in [2.75, 3.05) is 4.72 Å². The van der Waals surface area contributed by atoms with Gasteiger partial charge >= 0.3 is 5.69 Å². The van der Waals surface area contributed by atoms with Crippen LogP contribution in [-0.4, -0.2) is 18.4 Å². The molecule has 1 heterocycles. The van der Waals surface area contributed by atoms with Crippen LogP contribution >= 0.6 is 0 Å². The third-order valence-corrected chi connectivity index (χ3v) is 4.63. The highest BCUT2D eigenvalue weighted by atomic mass is 32.2. The van der Waals surface area contributed by atoms with Crippen LogP contribution in [0.2, 0.25) is 0 Å². The normalized spacial score (nSPS) is 11.7. The van der Waals surface area contributed by atoms with E-state index in [1.807, 2.05) is 25.1 Å². The van der Waals surface area contributed by atoms with Gasteiger partial charge in [0.05, 0.1) is 22.5 Å². The number of benzene rings is 2. The van der Waals surface area contributed by atoms with Crippen molar-refractivity contribution in [2.45, 2.75) is 12.7 Å². The second kappa shape index (κ2) is 5.34. The van der Waals surface area contributed by atoms with Gasteiger partial charge in [0.1, 0.15) is 0 Å². The number of hydrogen-bond acceptors (Lipinski definition) is 3. The summed E-state index contributed by atoms with van der Waals surface area (Å²) in [5.74, 6) is -0.0959. The molecular formula is C15H15N3O3S. The van der Waals surface area contributed by atoms with Crippen LogP contribution in [0.3, 0.4) is 0 Å². The summed E-state index contributed by atoms with van der Waals surface area (Å²) in [6.07, 6.45) is 0. The Morgan fingerprint density at radius 3 is 2.55 bits per heavy atom. The molecule has 0 saturated carbocycles. The lowest BCUT2D eigenvalue weighted by Crippen LogP contribution is -2.15. The molecule has 0 atom stereocenters. The van der Waals surface area contributed by atoms with Crippen molar-refractivity contribution in [3.05, 3.63) is 64.1 Å². The fourth-order valence-corrected chi connectivity index (χ4v) is 3.58. The first-order valence-corrected chi connectivity index (χ1v) is 8.35. The van der Waals surface area contributed by atoms with Crippen LogP contribution in [0, 0.1) is 6.92 Å². The molecule has 6 nitrogen and oxygen atoms in total. The highest BCUT2D eigenvalue weighted by Crippen LogP contribution is 2.18. The quantitative estimate of drug-likeness (QED) is 0.688. The number of hydrogen-bond donors (Lipinski definition) is 3. The van der Waals surface area contributed by atoms with Gasteiger partial charge < -0.3 is 9.97 Å². The van der Waals surface area contributed by atoms with Crippen molar-refractivity contribution in [3.8, 4) is 0 Å². The fraction of sp³-hybridized carbons (Fsp3) is 0.133. The number of H-pyrrole nitrogens is 2. The summed E-state index contributed by atoms with van der Waals surface area (Å²) in [5, 5.41) is 0. The topological polar surface area (TPSA) is 94.8 Å². The van der Waals surface area contributed by atoms with Crippen LogP contribution in [0.1, 0.15) is 11.1 Å². The van der Waals surface area contributed by atoms with Gasteiger partial charge in [-0.2, -0.15) is 0 Å². The SMILES string of the molecule is Cc1ccccc1CS(=O)(=O)Nc1ccc2[nH]c(=O)[nH]c2c1. The summed E-state index contributed by atoms with van der Waals surface area (Å²) >= 11 is 0. The predicted octanol–water partition coefficient (Wildman–Crippen LogP) is 2.11. The Kier molecular flexibility index (Phi) is 3.50. The molecule has 3 rings (SSSR count). The van der Waals surface area contributed by atoms with E-state index >= 15 is 0 Å². The number of anilines is 1. The summed E-state index contributed by atoms with van der Waals surface area (Å²) in [5.41, 5.74) is 2.96. The summed E-state index contributed by atoms with van der Waals surface area (Å²) in [4.78, 5) is 16.4. The monoisotopic (exact) mass is 317 g/mol. The molecule has 0 spiro atoms. The van der Waals surface area contributed by atoms with E-state index in [0.717, 1.165) is 11.1 Å². The molecule has 22 heavy (non-hydrogen) atoms. The van der Waals surface area contributed by atoms with Crippen molar-refractivity contribution in [2.24, 2.45) is 0 Å². The predicted molar refractivity (Wildman–Crippen MR) is 86.3 cm³/mol. The van der Waals surface area contributed by atoms with E-state index in [1.54, 1.807) is 24.3 Å². The second-order valence-corrected chi connectivity index (χ2v) is 6.85. The standard InChI is InChI=1S/C15H15N3O3S/c1-10-4-2-3-5-11(10)9-22(20,21)18-12-6-7-13-14(8-12)17-15(19)16-13/h2-8,18H,9H2,1H3,(H2,16,17,19).